The maximum atomic E-state index is 10.5. The van der Waals surface area contributed by atoms with Gasteiger partial charge in [-0.2, -0.15) is 0 Å². The summed E-state index contributed by atoms with van der Waals surface area (Å²) in [6, 6.07) is 0. The third-order valence-electron chi connectivity index (χ3n) is 5.86. The molecule has 5 atom stereocenters. The molecule has 1 aliphatic carbocycles. The Labute approximate surface area is 197 Å². The topological polar surface area (TPSA) is 185 Å². The molecular formula is C24H45NO8. The van der Waals surface area contributed by atoms with Crippen molar-refractivity contribution >= 4 is 5.97 Å². The number of aliphatic hydroxyl groups excluding tert-OH is 6. The van der Waals surface area contributed by atoms with E-state index in [0.717, 1.165) is 25.7 Å². The highest BCUT2D eigenvalue weighted by atomic mass is 16.4. The fourth-order valence-electron chi connectivity index (χ4n) is 3.56. The number of allylic oxidation sites excluding steroid dienone is 2. The zero-order valence-electron chi connectivity index (χ0n) is 19.8. The second-order valence-electron chi connectivity index (χ2n) is 8.89. The summed E-state index contributed by atoms with van der Waals surface area (Å²) in [5, 5.41) is 64.0. The van der Waals surface area contributed by atoms with Crippen molar-refractivity contribution in [2.75, 3.05) is 19.8 Å². The lowest BCUT2D eigenvalue weighted by atomic mass is 9.89. The summed E-state index contributed by atoms with van der Waals surface area (Å²) in [6.07, 6.45) is 12.3. The minimum Gasteiger partial charge on any atom is -0.481 e. The lowest BCUT2D eigenvalue weighted by Crippen LogP contribution is -2.50. The largest absolute Gasteiger partial charge is 0.481 e. The van der Waals surface area contributed by atoms with Crippen LogP contribution < -0.4 is 5.73 Å². The molecule has 0 heterocycles. The SMILES string of the molecule is CCCCC[C@H](O)/C=C\[C@@H]1[C@@H](C/C=C/CCCC(=O)O)[C@@H](O)C[C@H]1O.NC(CO)(CO)CO. The molecule has 0 radical (unpaired) electrons. The van der Waals surface area contributed by atoms with E-state index in [9.17, 15) is 20.1 Å². The molecule has 0 spiro atoms. The minimum absolute atomic E-state index is 0.0650. The Balaban J connectivity index is 0.00000109. The Bertz CT molecular complexity index is 556. The lowest BCUT2D eigenvalue weighted by molar-refractivity contribution is -0.137. The fraction of sp³-hybridized carbons (Fsp3) is 0.792. The van der Waals surface area contributed by atoms with Crippen molar-refractivity contribution < 1.29 is 40.5 Å². The number of hydrogen-bond acceptors (Lipinski definition) is 8. The van der Waals surface area contributed by atoms with Crippen LogP contribution in [0.5, 0.6) is 0 Å². The Morgan fingerprint density at radius 3 is 2.21 bits per heavy atom. The van der Waals surface area contributed by atoms with Gasteiger partial charge in [0.05, 0.1) is 43.7 Å². The van der Waals surface area contributed by atoms with E-state index in [1.54, 1.807) is 6.08 Å². The number of carbonyl (C=O) groups is 1. The second-order valence-corrected chi connectivity index (χ2v) is 8.89. The predicted octanol–water partition coefficient (Wildman–Crippen LogP) is 0.704. The Morgan fingerprint density at radius 1 is 1.06 bits per heavy atom. The summed E-state index contributed by atoms with van der Waals surface area (Å²) in [4.78, 5) is 10.5. The van der Waals surface area contributed by atoms with Crippen LogP contribution in [-0.4, -0.2) is 85.4 Å². The average Bonchev–Trinajstić information content (AvgIpc) is 3.06. The molecule has 1 saturated carbocycles. The Morgan fingerprint density at radius 2 is 1.70 bits per heavy atom. The molecule has 0 aliphatic heterocycles. The molecule has 0 saturated heterocycles. The third-order valence-corrected chi connectivity index (χ3v) is 5.86. The standard InChI is InChI=1S/C20H34O5.C4H11NO3/c1-2-3-6-9-15(21)12-13-17-16(18(22)14-19(17)23)10-7-4-5-8-11-20(24)25;5-4(1-6,2-7)3-8/h4,7,12-13,15-19,21-23H,2-3,5-6,8-11,14H2,1H3,(H,24,25);6-8H,1-3,5H2/b7-4+,13-12-;/t15-,16+,17+,18-,19+;/m0./s1. The van der Waals surface area contributed by atoms with Crippen LogP contribution in [-0.2, 0) is 4.79 Å². The molecule has 194 valence electrons. The predicted molar refractivity (Wildman–Crippen MR) is 126 cm³/mol. The molecule has 1 aliphatic rings. The van der Waals surface area contributed by atoms with E-state index in [4.69, 9.17) is 26.2 Å². The van der Waals surface area contributed by atoms with Gasteiger partial charge in [-0.1, -0.05) is 50.5 Å². The second kappa shape index (κ2) is 18.1. The molecule has 0 unspecified atom stereocenters. The van der Waals surface area contributed by atoms with Crippen molar-refractivity contribution in [1.82, 2.24) is 0 Å². The zero-order chi connectivity index (χ0) is 25.3. The molecule has 0 bridgehead atoms. The van der Waals surface area contributed by atoms with E-state index >= 15 is 0 Å². The first kappa shape index (κ1) is 31.7. The van der Waals surface area contributed by atoms with Crippen LogP contribution in [0.1, 0.15) is 64.7 Å². The van der Waals surface area contributed by atoms with Gasteiger partial charge in [0, 0.05) is 18.8 Å². The molecule has 33 heavy (non-hydrogen) atoms. The Hall–Kier alpha value is -1.33. The van der Waals surface area contributed by atoms with Crippen molar-refractivity contribution in [3.05, 3.63) is 24.3 Å². The molecule has 1 fully saturated rings. The first-order valence-electron chi connectivity index (χ1n) is 11.8. The molecule has 0 aromatic carbocycles. The van der Waals surface area contributed by atoms with Crippen LogP contribution in [0.15, 0.2) is 24.3 Å². The quantitative estimate of drug-likeness (QED) is 0.125. The number of unbranched alkanes of at least 4 members (excludes halogenated alkanes) is 3. The van der Waals surface area contributed by atoms with E-state index in [1.165, 1.54) is 0 Å². The highest BCUT2D eigenvalue weighted by Crippen LogP contribution is 2.36. The van der Waals surface area contributed by atoms with Crippen LogP contribution >= 0.6 is 0 Å². The minimum atomic E-state index is -1.21. The van der Waals surface area contributed by atoms with Gasteiger partial charge in [-0.15, -0.1) is 0 Å². The van der Waals surface area contributed by atoms with Gasteiger partial charge in [0.2, 0.25) is 0 Å². The fourth-order valence-corrected chi connectivity index (χ4v) is 3.56. The number of hydrogen-bond donors (Lipinski definition) is 8. The van der Waals surface area contributed by atoms with Gasteiger partial charge in [-0.25, -0.2) is 0 Å². The first-order valence-corrected chi connectivity index (χ1v) is 11.8. The van der Waals surface area contributed by atoms with Crippen molar-refractivity contribution in [3.63, 3.8) is 0 Å². The number of rotatable bonds is 15. The van der Waals surface area contributed by atoms with E-state index in [2.05, 4.69) is 6.92 Å². The lowest BCUT2D eigenvalue weighted by Gasteiger charge is -2.20. The van der Waals surface area contributed by atoms with Crippen LogP contribution in [0, 0.1) is 11.8 Å². The van der Waals surface area contributed by atoms with Crippen molar-refractivity contribution in [2.24, 2.45) is 17.6 Å². The summed E-state index contributed by atoms with van der Waals surface area (Å²) in [6.45, 7) is 0.915. The van der Waals surface area contributed by atoms with Crippen LogP contribution in [0.3, 0.4) is 0 Å². The smallest absolute Gasteiger partial charge is 0.303 e. The maximum absolute atomic E-state index is 10.5. The van der Waals surface area contributed by atoms with Gasteiger partial charge in [0.1, 0.15) is 0 Å². The molecule has 9 heteroatoms. The van der Waals surface area contributed by atoms with Crippen molar-refractivity contribution in [1.29, 1.82) is 0 Å². The number of aliphatic hydroxyl groups is 6. The maximum Gasteiger partial charge on any atom is 0.303 e. The van der Waals surface area contributed by atoms with Crippen molar-refractivity contribution in [3.8, 4) is 0 Å². The first-order chi connectivity index (χ1) is 15.6. The summed E-state index contributed by atoms with van der Waals surface area (Å²) in [5.74, 6) is -1.00. The molecular weight excluding hydrogens is 430 g/mol. The summed E-state index contributed by atoms with van der Waals surface area (Å²) >= 11 is 0. The third kappa shape index (κ3) is 13.8. The van der Waals surface area contributed by atoms with Gasteiger partial charge in [-0.3, -0.25) is 4.79 Å². The van der Waals surface area contributed by atoms with Gasteiger partial charge < -0.3 is 41.5 Å². The molecule has 9 N–H and O–H groups in total. The highest BCUT2D eigenvalue weighted by molar-refractivity contribution is 5.66. The van der Waals surface area contributed by atoms with Gasteiger partial charge in [0.25, 0.3) is 0 Å². The normalized spacial score (nSPS) is 24.2. The van der Waals surface area contributed by atoms with Gasteiger partial charge >= 0.3 is 5.97 Å². The van der Waals surface area contributed by atoms with Gasteiger partial charge in [-0.05, 0) is 31.6 Å². The molecule has 0 aromatic heterocycles. The summed E-state index contributed by atoms with van der Waals surface area (Å²) in [5.41, 5.74) is 3.94. The van der Waals surface area contributed by atoms with Gasteiger partial charge in [0.15, 0.2) is 0 Å². The number of aliphatic carboxylic acids is 1. The average molecular weight is 476 g/mol. The molecule has 0 amide bonds. The summed E-state index contributed by atoms with van der Waals surface area (Å²) < 4.78 is 0. The van der Waals surface area contributed by atoms with E-state index in [0.29, 0.717) is 25.7 Å². The van der Waals surface area contributed by atoms with Crippen LogP contribution in [0.4, 0.5) is 0 Å². The molecule has 0 aromatic rings. The molecule has 9 nitrogen and oxygen atoms in total. The van der Waals surface area contributed by atoms with E-state index < -0.39 is 49.6 Å². The van der Waals surface area contributed by atoms with Crippen LogP contribution in [0.2, 0.25) is 0 Å². The number of nitrogens with two attached hydrogens (primary N) is 1. The van der Waals surface area contributed by atoms with E-state index in [-0.39, 0.29) is 18.3 Å². The number of carboxylic acid groups (broad SMARTS) is 1. The van der Waals surface area contributed by atoms with E-state index in [1.807, 2.05) is 18.2 Å². The number of carboxylic acids is 1. The zero-order valence-corrected chi connectivity index (χ0v) is 19.8. The summed E-state index contributed by atoms with van der Waals surface area (Å²) in [7, 11) is 0. The highest BCUT2D eigenvalue weighted by Gasteiger charge is 2.39. The molecule has 1 rings (SSSR count). The van der Waals surface area contributed by atoms with Crippen LogP contribution in [0.25, 0.3) is 0 Å². The Kier molecular flexibility index (Phi) is 17.3. The monoisotopic (exact) mass is 475 g/mol. The van der Waals surface area contributed by atoms with Crippen molar-refractivity contribution in [2.45, 2.75) is 88.6 Å².